The zero-order valence-corrected chi connectivity index (χ0v) is 14.7. The van der Waals surface area contributed by atoms with Gasteiger partial charge in [0, 0.05) is 16.8 Å². The lowest BCUT2D eigenvalue weighted by molar-refractivity contribution is -0.385. The molecule has 0 saturated heterocycles. The molecular weight excluding hydrogens is 364 g/mol. The maximum atomic E-state index is 12.0. The predicted octanol–water partition coefficient (Wildman–Crippen LogP) is 3.36. The third kappa shape index (κ3) is 4.70. The second kappa shape index (κ2) is 8.30. The molecule has 1 N–H and O–H groups in total. The molecule has 9 heteroatoms. The summed E-state index contributed by atoms with van der Waals surface area (Å²) in [6.07, 6.45) is 0. The lowest BCUT2D eigenvalue weighted by Crippen LogP contribution is -2.21. The molecule has 0 heterocycles. The highest BCUT2D eigenvalue weighted by Crippen LogP contribution is 2.27. The highest BCUT2D eigenvalue weighted by Gasteiger charge is 2.19. The molecule has 0 bridgehead atoms. The van der Waals surface area contributed by atoms with Gasteiger partial charge < -0.3 is 14.8 Å². The molecule has 2 aromatic rings. The first-order valence-corrected chi connectivity index (χ1v) is 7.75. The van der Waals surface area contributed by atoms with Crippen molar-refractivity contribution in [1.82, 2.24) is 0 Å². The Morgan fingerprint density at radius 2 is 1.96 bits per heavy atom. The van der Waals surface area contributed by atoms with E-state index in [0.717, 1.165) is 11.6 Å². The van der Waals surface area contributed by atoms with E-state index in [1.807, 2.05) is 0 Å². The summed E-state index contributed by atoms with van der Waals surface area (Å²) in [5, 5.41) is 14.1. The van der Waals surface area contributed by atoms with Gasteiger partial charge in [-0.05, 0) is 42.8 Å². The van der Waals surface area contributed by atoms with E-state index in [0.29, 0.717) is 10.7 Å². The number of nitrogens with one attached hydrogen (secondary N) is 1. The van der Waals surface area contributed by atoms with Crippen molar-refractivity contribution in [1.29, 1.82) is 0 Å². The molecule has 0 spiro atoms. The summed E-state index contributed by atoms with van der Waals surface area (Å²) in [5.74, 6) is -1.40. The molecule has 0 unspecified atom stereocenters. The minimum Gasteiger partial charge on any atom is -0.490 e. The number of nitrogens with zero attached hydrogens (tertiary/aromatic N) is 1. The normalized spacial score (nSPS) is 10.1. The minimum atomic E-state index is -0.862. The summed E-state index contributed by atoms with van der Waals surface area (Å²) in [5.41, 5.74) is 0.856. The molecule has 26 heavy (non-hydrogen) atoms. The average Bonchev–Trinajstić information content (AvgIpc) is 2.61. The fourth-order valence-electron chi connectivity index (χ4n) is 2.13. The molecule has 136 valence electrons. The van der Waals surface area contributed by atoms with Gasteiger partial charge in [-0.3, -0.25) is 14.9 Å². The molecule has 0 aliphatic carbocycles. The van der Waals surface area contributed by atoms with E-state index in [-0.39, 0.29) is 17.0 Å². The van der Waals surface area contributed by atoms with Crippen molar-refractivity contribution in [2.75, 3.05) is 19.0 Å². The van der Waals surface area contributed by atoms with Crippen LogP contribution >= 0.6 is 11.6 Å². The Labute approximate surface area is 153 Å². The summed E-state index contributed by atoms with van der Waals surface area (Å²) in [6, 6.07) is 8.56. The van der Waals surface area contributed by atoms with Crippen LogP contribution in [0.1, 0.15) is 15.9 Å². The lowest BCUT2D eigenvalue weighted by atomic mass is 10.2. The van der Waals surface area contributed by atoms with E-state index in [9.17, 15) is 19.7 Å². The second-order valence-corrected chi connectivity index (χ2v) is 5.66. The van der Waals surface area contributed by atoms with E-state index >= 15 is 0 Å². The van der Waals surface area contributed by atoms with Crippen LogP contribution in [0.2, 0.25) is 5.02 Å². The van der Waals surface area contributed by atoms with Crippen LogP contribution in [-0.4, -0.2) is 30.5 Å². The Bertz CT molecular complexity index is 868. The van der Waals surface area contributed by atoms with Crippen molar-refractivity contribution in [2.24, 2.45) is 0 Å². The standard InChI is InChI=1S/C17H15ClN2O6/c1-10-7-12(18)4-5-13(10)19-16(21)9-26-17(22)11-3-6-15(25-2)14(8-11)20(23)24/h3-8H,9H2,1-2H3,(H,19,21). The average molecular weight is 379 g/mol. The molecule has 0 aromatic heterocycles. The largest absolute Gasteiger partial charge is 0.490 e. The molecule has 0 aliphatic heterocycles. The van der Waals surface area contributed by atoms with E-state index in [4.69, 9.17) is 21.1 Å². The zero-order valence-electron chi connectivity index (χ0n) is 13.9. The quantitative estimate of drug-likeness (QED) is 0.469. The smallest absolute Gasteiger partial charge is 0.338 e. The first-order chi connectivity index (χ1) is 12.3. The number of rotatable bonds is 6. The molecule has 0 aliphatic rings. The number of esters is 1. The van der Waals surface area contributed by atoms with Gasteiger partial charge in [0.05, 0.1) is 17.6 Å². The topological polar surface area (TPSA) is 108 Å². The van der Waals surface area contributed by atoms with Crippen molar-refractivity contribution in [3.63, 3.8) is 0 Å². The fourth-order valence-corrected chi connectivity index (χ4v) is 2.35. The second-order valence-electron chi connectivity index (χ2n) is 5.23. The number of hydrogen-bond acceptors (Lipinski definition) is 6. The Morgan fingerprint density at radius 1 is 1.23 bits per heavy atom. The number of halogens is 1. The van der Waals surface area contributed by atoms with Crippen LogP contribution in [0.4, 0.5) is 11.4 Å². The molecule has 0 saturated carbocycles. The SMILES string of the molecule is COc1ccc(C(=O)OCC(=O)Nc2ccc(Cl)cc2C)cc1[N+](=O)[O-]. The van der Waals surface area contributed by atoms with Crippen LogP contribution in [0, 0.1) is 17.0 Å². The number of carbonyl (C=O) groups excluding carboxylic acids is 2. The van der Waals surface area contributed by atoms with Crippen LogP contribution in [0.15, 0.2) is 36.4 Å². The molecule has 0 fully saturated rings. The zero-order chi connectivity index (χ0) is 19.3. The van der Waals surface area contributed by atoms with Crippen LogP contribution in [0.5, 0.6) is 5.75 Å². The summed E-state index contributed by atoms with van der Waals surface area (Å²) in [7, 11) is 1.28. The molecule has 1 amide bonds. The van der Waals surface area contributed by atoms with Gasteiger partial charge >= 0.3 is 11.7 Å². The van der Waals surface area contributed by atoms with Gasteiger partial charge in [0.25, 0.3) is 5.91 Å². The van der Waals surface area contributed by atoms with E-state index < -0.39 is 23.4 Å². The summed E-state index contributed by atoms with van der Waals surface area (Å²) in [6.45, 7) is 1.23. The number of anilines is 1. The molecule has 2 rings (SSSR count). The highest BCUT2D eigenvalue weighted by molar-refractivity contribution is 6.30. The van der Waals surface area contributed by atoms with Gasteiger partial charge in [-0.1, -0.05) is 11.6 Å². The number of nitro benzene ring substituents is 1. The van der Waals surface area contributed by atoms with Gasteiger partial charge in [-0.15, -0.1) is 0 Å². The van der Waals surface area contributed by atoms with Gasteiger partial charge in [-0.2, -0.15) is 0 Å². The summed E-state index contributed by atoms with van der Waals surface area (Å²) >= 11 is 5.84. The Balaban J connectivity index is 2.00. The molecular formula is C17H15ClN2O6. The fraction of sp³-hybridized carbons (Fsp3) is 0.176. The lowest BCUT2D eigenvalue weighted by Gasteiger charge is -2.09. The van der Waals surface area contributed by atoms with Crippen molar-refractivity contribution >= 4 is 34.9 Å². The Morgan fingerprint density at radius 3 is 2.58 bits per heavy atom. The van der Waals surface area contributed by atoms with Crippen LogP contribution in [-0.2, 0) is 9.53 Å². The van der Waals surface area contributed by atoms with E-state index in [1.165, 1.54) is 19.2 Å². The number of benzene rings is 2. The minimum absolute atomic E-state index is 0.0162. The van der Waals surface area contributed by atoms with Gasteiger partial charge in [0.1, 0.15) is 0 Å². The Hall–Kier alpha value is -3.13. The van der Waals surface area contributed by atoms with Crippen molar-refractivity contribution in [3.8, 4) is 5.75 Å². The first-order valence-electron chi connectivity index (χ1n) is 7.37. The summed E-state index contributed by atoms with van der Waals surface area (Å²) in [4.78, 5) is 34.2. The van der Waals surface area contributed by atoms with Crippen molar-refractivity contribution in [2.45, 2.75) is 6.92 Å². The van der Waals surface area contributed by atoms with E-state index in [2.05, 4.69) is 5.32 Å². The number of hydrogen-bond donors (Lipinski definition) is 1. The predicted molar refractivity (Wildman–Crippen MR) is 94.7 cm³/mol. The maximum absolute atomic E-state index is 12.0. The molecule has 8 nitrogen and oxygen atoms in total. The van der Waals surface area contributed by atoms with Gasteiger partial charge in [0.2, 0.25) is 0 Å². The molecule has 0 atom stereocenters. The number of methoxy groups -OCH3 is 1. The van der Waals surface area contributed by atoms with Crippen molar-refractivity contribution in [3.05, 3.63) is 62.7 Å². The number of ether oxygens (including phenoxy) is 2. The number of carbonyl (C=O) groups is 2. The number of aryl methyl sites for hydroxylation is 1. The first kappa shape index (κ1) is 19.2. The third-order valence-electron chi connectivity index (χ3n) is 3.41. The third-order valence-corrected chi connectivity index (χ3v) is 3.64. The van der Waals surface area contributed by atoms with E-state index in [1.54, 1.807) is 25.1 Å². The van der Waals surface area contributed by atoms with Gasteiger partial charge in [-0.25, -0.2) is 4.79 Å². The Kier molecular flexibility index (Phi) is 6.13. The molecule has 0 radical (unpaired) electrons. The van der Waals surface area contributed by atoms with Crippen LogP contribution in [0.3, 0.4) is 0 Å². The van der Waals surface area contributed by atoms with Crippen LogP contribution < -0.4 is 10.1 Å². The van der Waals surface area contributed by atoms with Gasteiger partial charge in [0.15, 0.2) is 12.4 Å². The monoisotopic (exact) mass is 378 g/mol. The molecule has 2 aromatic carbocycles. The number of nitro groups is 1. The van der Waals surface area contributed by atoms with Crippen molar-refractivity contribution < 1.29 is 24.0 Å². The maximum Gasteiger partial charge on any atom is 0.338 e. The number of amides is 1. The van der Waals surface area contributed by atoms with Crippen LogP contribution in [0.25, 0.3) is 0 Å². The highest BCUT2D eigenvalue weighted by atomic mass is 35.5. The summed E-state index contributed by atoms with van der Waals surface area (Å²) < 4.78 is 9.75.